The van der Waals surface area contributed by atoms with E-state index in [0.29, 0.717) is 11.1 Å². The van der Waals surface area contributed by atoms with Crippen molar-refractivity contribution in [2.75, 3.05) is 0 Å². The van der Waals surface area contributed by atoms with Gasteiger partial charge in [-0.2, -0.15) is 0 Å². The van der Waals surface area contributed by atoms with Crippen molar-refractivity contribution in [3.8, 4) is 0 Å². The zero-order chi connectivity index (χ0) is 14.8. The topological polar surface area (TPSA) is 66.4 Å². The standard InChI is InChI=1S/C14H18FNO3/c1-5-14(4,13(18)19)16-12(17)10-6-8(2)11(15)9(3)7-10/h6-7H,5H2,1-4H3,(H,16,17)(H,18,19). The molecule has 0 aliphatic carbocycles. The minimum absolute atomic E-state index is 0.257. The number of amides is 1. The van der Waals surface area contributed by atoms with Crippen molar-refractivity contribution in [1.29, 1.82) is 0 Å². The number of aliphatic carboxylic acids is 1. The van der Waals surface area contributed by atoms with Crippen LogP contribution in [-0.2, 0) is 4.79 Å². The van der Waals surface area contributed by atoms with Crippen molar-refractivity contribution in [1.82, 2.24) is 5.32 Å². The number of hydrogen-bond acceptors (Lipinski definition) is 2. The first-order chi connectivity index (χ1) is 8.71. The Kier molecular flexibility index (Phi) is 4.29. The first-order valence-corrected chi connectivity index (χ1v) is 6.04. The van der Waals surface area contributed by atoms with Crippen LogP contribution in [0.5, 0.6) is 0 Å². The SMILES string of the molecule is CCC(C)(NC(=O)c1cc(C)c(F)c(C)c1)C(=O)O. The van der Waals surface area contributed by atoms with Crippen LogP contribution >= 0.6 is 0 Å². The van der Waals surface area contributed by atoms with Crippen LogP contribution in [-0.4, -0.2) is 22.5 Å². The highest BCUT2D eigenvalue weighted by Gasteiger charge is 2.33. The molecule has 0 heterocycles. The summed E-state index contributed by atoms with van der Waals surface area (Å²) in [6, 6.07) is 2.82. The average Bonchev–Trinajstić information content (AvgIpc) is 2.34. The Morgan fingerprint density at radius 2 is 1.79 bits per heavy atom. The summed E-state index contributed by atoms with van der Waals surface area (Å²) < 4.78 is 13.5. The van der Waals surface area contributed by atoms with Gasteiger partial charge in [0.05, 0.1) is 0 Å². The molecule has 1 atom stereocenters. The van der Waals surface area contributed by atoms with Crippen LogP contribution in [0.25, 0.3) is 0 Å². The van der Waals surface area contributed by atoms with E-state index < -0.39 is 17.4 Å². The molecule has 0 fully saturated rings. The molecule has 0 radical (unpaired) electrons. The summed E-state index contributed by atoms with van der Waals surface area (Å²) in [5, 5.41) is 11.6. The number of halogens is 1. The number of benzene rings is 1. The van der Waals surface area contributed by atoms with E-state index in [1.807, 2.05) is 0 Å². The van der Waals surface area contributed by atoms with Gasteiger partial charge in [0.1, 0.15) is 11.4 Å². The van der Waals surface area contributed by atoms with Crippen LogP contribution in [0, 0.1) is 19.7 Å². The molecule has 4 nitrogen and oxygen atoms in total. The number of aryl methyl sites for hydroxylation is 2. The molecule has 0 aromatic heterocycles. The summed E-state index contributed by atoms with van der Waals surface area (Å²) in [5.41, 5.74) is -0.345. The van der Waals surface area contributed by atoms with Crippen molar-refractivity contribution in [3.05, 3.63) is 34.6 Å². The first-order valence-electron chi connectivity index (χ1n) is 6.04. The molecule has 1 aromatic rings. The van der Waals surface area contributed by atoms with Crippen LogP contribution in [0.1, 0.15) is 41.8 Å². The van der Waals surface area contributed by atoms with Gasteiger partial charge in [-0.3, -0.25) is 4.79 Å². The molecule has 1 aromatic carbocycles. The number of nitrogens with one attached hydrogen (secondary N) is 1. The monoisotopic (exact) mass is 267 g/mol. The molecule has 19 heavy (non-hydrogen) atoms. The Labute approximate surface area is 111 Å². The first kappa shape index (κ1) is 15.1. The molecular weight excluding hydrogens is 249 g/mol. The zero-order valence-corrected chi connectivity index (χ0v) is 11.5. The Morgan fingerprint density at radius 1 is 1.32 bits per heavy atom. The Hall–Kier alpha value is -1.91. The lowest BCUT2D eigenvalue weighted by atomic mass is 9.98. The van der Waals surface area contributed by atoms with Crippen LogP contribution in [0.4, 0.5) is 4.39 Å². The summed E-state index contributed by atoms with van der Waals surface area (Å²) in [6.07, 6.45) is 0.257. The van der Waals surface area contributed by atoms with E-state index in [2.05, 4.69) is 5.32 Å². The van der Waals surface area contributed by atoms with Gasteiger partial charge in [0.15, 0.2) is 0 Å². The van der Waals surface area contributed by atoms with Crippen molar-refractivity contribution in [2.45, 2.75) is 39.7 Å². The fraction of sp³-hybridized carbons (Fsp3) is 0.429. The Morgan fingerprint density at radius 3 is 2.16 bits per heavy atom. The maximum absolute atomic E-state index is 13.5. The molecule has 2 N–H and O–H groups in total. The third kappa shape index (κ3) is 3.10. The number of hydrogen-bond donors (Lipinski definition) is 2. The molecule has 0 aliphatic heterocycles. The Bertz CT molecular complexity index is 504. The largest absolute Gasteiger partial charge is 0.480 e. The molecule has 0 saturated carbocycles. The van der Waals surface area contributed by atoms with E-state index in [-0.39, 0.29) is 17.8 Å². The highest BCUT2D eigenvalue weighted by Crippen LogP contribution is 2.16. The maximum atomic E-state index is 13.5. The van der Waals surface area contributed by atoms with Gasteiger partial charge in [0.25, 0.3) is 5.91 Å². The number of carboxylic acid groups (broad SMARTS) is 1. The number of rotatable bonds is 4. The fourth-order valence-corrected chi connectivity index (χ4v) is 1.69. The Balaban J connectivity index is 3.05. The normalized spacial score (nSPS) is 13.7. The zero-order valence-electron chi connectivity index (χ0n) is 11.5. The van der Waals surface area contributed by atoms with E-state index in [0.717, 1.165) is 0 Å². The molecule has 1 unspecified atom stereocenters. The van der Waals surface area contributed by atoms with Crippen molar-refractivity contribution < 1.29 is 19.1 Å². The minimum atomic E-state index is -1.33. The molecule has 104 valence electrons. The van der Waals surface area contributed by atoms with Crippen LogP contribution in [0.2, 0.25) is 0 Å². The molecule has 0 aliphatic rings. The molecular formula is C14H18FNO3. The lowest BCUT2D eigenvalue weighted by Gasteiger charge is -2.24. The second kappa shape index (κ2) is 5.38. The second-order valence-electron chi connectivity index (χ2n) is 4.87. The molecule has 0 bridgehead atoms. The minimum Gasteiger partial charge on any atom is -0.480 e. The third-order valence-corrected chi connectivity index (χ3v) is 3.27. The van der Waals surface area contributed by atoms with Crippen LogP contribution in [0.3, 0.4) is 0 Å². The predicted octanol–water partition coefficient (Wildman–Crippen LogP) is 2.43. The predicted molar refractivity (Wildman–Crippen MR) is 69.7 cm³/mol. The van der Waals surface area contributed by atoms with Gasteiger partial charge in [-0.1, -0.05) is 6.92 Å². The fourth-order valence-electron chi connectivity index (χ4n) is 1.69. The molecule has 1 amide bonds. The van der Waals surface area contributed by atoms with E-state index in [1.165, 1.54) is 19.1 Å². The molecule has 5 heteroatoms. The maximum Gasteiger partial charge on any atom is 0.329 e. The van der Waals surface area contributed by atoms with E-state index in [1.54, 1.807) is 20.8 Å². The lowest BCUT2D eigenvalue weighted by molar-refractivity contribution is -0.143. The summed E-state index contributed by atoms with van der Waals surface area (Å²) in [7, 11) is 0. The highest BCUT2D eigenvalue weighted by molar-refractivity contribution is 5.98. The molecule has 0 spiro atoms. The average molecular weight is 267 g/mol. The van der Waals surface area contributed by atoms with E-state index >= 15 is 0 Å². The van der Waals surface area contributed by atoms with Gasteiger partial charge in [0.2, 0.25) is 0 Å². The van der Waals surface area contributed by atoms with Crippen molar-refractivity contribution >= 4 is 11.9 Å². The lowest BCUT2D eigenvalue weighted by Crippen LogP contribution is -2.51. The summed E-state index contributed by atoms with van der Waals surface area (Å²) >= 11 is 0. The third-order valence-electron chi connectivity index (χ3n) is 3.27. The summed E-state index contributed by atoms with van der Waals surface area (Å²) in [6.45, 7) is 6.25. The molecule has 1 rings (SSSR count). The van der Waals surface area contributed by atoms with Gasteiger partial charge in [-0.15, -0.1) is 0 Å². The number of carboxylic acids is 1. The van der Waals surface area contributed by atoms with Gasteiger partial charge in [-0.25, -0.2) is 9.18 Å². The second-order valence-corrected chi connectivity index (χ2v) is 4.87. The van der Waals surface area contributed by atoms with E-state index in [4.69, 9.17) is 5.11 Å². The summed E-state index contributed by atoms with van der Waals surface area (Å²) in [4.78, 5) is 23.2. The van der Waals surface area contributed by atoms with Crippen molar-refractivity contribution in [3.63, 3.8) is 0 Å². The smallest absolute Gasteiger partial charge is 0.329 e. The number of carbonyl (C=O) groups excluding carboxylic acids is 1. The number of carbonyl (C=O) groups is 2. The van der Waals surface area contributed by atoms with Gasteiger partial charge in [0, 0.05) is 5.56 Å². The van der Waals surface area contributed by atoms with Crippen LogP contribution in [0.15, 0.2) is 12.1 Å². The van der Waals surface area contributed by atoms with Gasteiger partial charge < -0.3 is 10.4 Å². The van der Waals surface area contributed by atoms with Gasteiger partial charge in [-0.05, 0) is 50.5 Å². The van der Waals surface area contributed by atoms with Crippen molar-refractivity contribution in [2.24, 2.45) is 0 Å². The summed E-state index contributed by atoms with van der Waals surface area (Å²) in [5.74, 6) is -1.97. The van der Waals surface area contributed by atoms with Gasteiger partial charge >= 0.3 is 5.97 Å². The van der Waals surface area contributed by atoms with E-state index in [9.17, 15) is 14.0 Å². The quantitative estimate of drug-likeness (QED) is 0.880. The highest BCUT2D eigenvalue weighted by atomic mass is 19.1. The molecule has 0 saturated heterocycles. The van der Waals surface area contributed by atoms with Crippen LogP contribution < -0.4 is 5.32 Å².